The van der Waals surface area contributed by atoms with E-state index < -0.39 is 0 Å². The van der Waals surface area contributed by atoms with E-state index in [1.807, 2.05) is 42.2 Å². The molecule has 6 heteroatoms. The monoisotopic (exact) mass is 370 g/mol. The number of rotatable bonds is 3. The molecule has 0 bridgehead atoms. The molecule has 1 aliphatic heterocycles. The van der Waals surface area contributed by atoms with Gasteiger partial charge in [0.25, 0.3) is 11.1 Å². The van der Waals surface area contributed by atoms with Crippen molar-refractivity contribution < 1.29 is 13.9 Å². The minimum Gasteiger partial charge on any atom is -0.467 e. The maximum absolute atomic E-state index is 13.7. The molecule has 0 aliphatic carbocycles. The summed E-state index contributed by atoms with van der Waals surface area (Å²) in [6.07, 6.45) is 1.49. The Hall–Kier alpha value is -2.47. The normalized spacial score (nSPS) is 15.4. The van der Waals surface area contributed by atoms with Crippen LogP contribution >= 0.6 is 11.3 Å². The molecule has 1 amide bonds. The average Bonchev–Trinajstić information content (AvgIpc) is 3.06. The second-order valence-electron chi connectivity index (χ2n) is 6.54. The molecule has 3 aromatic rings. The van der Waals surface area contributed by atoms with E-state index in [4.69, 9.17) is 4.74 Å². The van der Waals surface area contributed by atoms with Gasteiger partial charge in [0.05, 0.1) is 4.70 Å². The molecule has 4 rings (SSSR count). The number of aryl methyl sites for hydroxylation is 1. The minimum atomic E-state index is -0.327. The number of ether oxygens (including phenoxy) is 1. The predicted molar refractivity (Wildman–Crippen MR) is 100 cm³/mol. The van der Waals surface area contributed by atoms with Crippen LogP contribution in [0.2, 0.25) is 0 Å². The Morgan fingerprint density at radius 2 is 1.92 bits per heavy atom. The molecule has 0 saturated carbocycles. The van der Waals surface area contributed by atoms with Crippen LogP contribution < -0.4 is 4.74 Å². The van der Waals surface area contributed by atoms with Crippen LogP contribution in [0.15, 0.2) is 42.5 Å². The number of para-hydroxylation sites is 1. The first-order valence-corrected chi connectivity index (χ1v) is 9.49. The molecule has 4 nitrogen and oxygen atoms in total. The van der Waals surface area contributed by atoms with Gasteiger partial charge < -0.3 is 9.64 Å². The second kappa shape index (κ2) is 7.03. The second-order valence-corrected chi connectivity index (χ2v) is 7.53. The van der Waals surface area contributed by atoms with Crippen LogP contribution in [-0.4, -0.2) is 35.0 Å². The lowest BCUT2D eigenvalue weighted by Crippen LogP contribution is -2.41. The Balaban J connectivity index is 1.37. The summed E-state index contributed by atoms with van der Waals surface area (Å²) in [6.45, 7) is 3.30. The molecule has 0 radical (unpaired) electrons. The largest absolute Gasteiger partial charge is 0.467 e. The number of hydrogen-bond acceptors (Lipinski definition) is 4. The summed E-state index contributed by atoms with van der Waals surface area (Å²) in [5.41, 5.74) is 2.22. The highest BCUT2D eigenvalue weighted by Crippen LogP contribution is 2.31. The number of carbonyl (C=O) groups is 1. The molecule has 26 heavy (non-hydrogen) atoms. The molecule has 2 heterocycles. The highest BCUT2D eigenvalue weighted by Gasteiger charge is 2.25. The first-order chi connectivity index (χ1) is 12.6. The van der Waals surface area contributed by atoms with Crippen molar-refractivity contribution in [3.8, 4) is 5.19 Å². The maximum Gasteiger partial charge on any atom is 0.274 e. The summed E-state index contributed by atoms with van der Waals surface area (Å²) in [5.74, 6) is -0.266. The third-order valence-electron chi connectivity index (χ3n) is 4.65. The number of hydrogen-bond donors (Lipinski definition) is 0. The molecular weight excluding hydrogens is 351 g/mol. The van der Waals surface area contributed by atoms with E-state index in [1.54, 1.807) is 6.07 Å². The molecule has 134 valence electrons. The summed E-state index contributed by atoms with van der Waals surface area (Å²) in [6, 6.07) is 12.6. The van der Waals surface area contributed by atoms with Gasteiger partial charge in [-0.1, -0.05) is 35.1 Å². The van der Waals surface area contributed by atoms with E-state index in [1.165, 1.54) is 17.4 Å². The van der Waals surface area contributed by atoms with Crippen LogP contribution in [0, 0.1) is 12.7 Å². The van der Waals surface area contributed by atoms with Gasteiger partial charge in [0.1, 0.15) is 17.4 Å². The predicted octanol–water partition coefficient (Wildman–Crippen LogP) is 4.43. The van der Waals surface area contributed by atoms with Crippen molar-refractivity contribution in [1.29, 1.82) is 0 Å². The Morgan fingerprint density at radius 3 is 2.62 bits per heavy atom. The first-order valence-electron chi connectivity index (χ1n) is 8.68. The SMILES string of the molecule is Cc1ccc(C(=O)N2CCC(Oc3nc4c(F)cccc4s3)CC2)cc1. The Morgan fingerprint density at radius 1 is 1.19 bits per heavy atom. The van der Waals surface area contributed by atoms with Gasteiger partial charge in [-0.3, -0.25) is 4.79 Å². The van der Waals surface area contributed by atoms with Crippen LogP contribution in [0.3, 0.4) is 0 Å². The summed E-state index contributed by atoms with van der Waals surface area (Å²) >= 11 is 1.36. The Bertz CT molecular complexity index is 931. The molecule has 2 aromatic carbocycles. The Kier molecular flexibility index (Phi) is 4.59. The molecule has 0 N–H and O–H groups in total. The number of aromatic nitrogens is 1. The number of halogens is 1. The lowest BCUT2D eigenvalue weighted by atomic mass is 10.1. The number of nitrogens with zero attached hydrogens (tertiary/aromatic N) is 2. The average molecular weight is 370 g/mol. The molecule has 1 saturated heterocycles. The van der Waals surface area contributed by atoms with Crippen molar-refractivity contribution in [1.82, 2.24) is 9.88 Å². The smallest absolute Gasteiger partial charge is 0.274 e. The molecule has 0 spiro atoms. The van der Waals surface area contributed by atoms with Crippen LogP contribution in [0.25, 0.3) is 10.2 Å². The molecular formula is C20H19FN2O2S. The number of thiazole rings is 1. The fourth-order valence-electron chi connectivity index (χ4n) is 3.14. The highest BCUT2D eigenvalue weighted by molar-refractivity contribution is 7.20. The van der Waals surface area contributed by atoms with E-state index in [2.05, 4.69) is 4.98 Å². The Labute approximate surface area is 155 Å². The van der Waals surface area contributed by atoms with Crippen molar-refractivity contribution in [2.45, 2.75) is 25.9 Å². The number of amides is 1. The maximum atomic E-state index is 13.7. The van der Waals surface area contributed by atoms with Crippen LogP contribution in [0.4, 0.5) is 4.39 Å². The van der Waals surface area contributed by atoms with Gasteiger partial charge in [-0.25, -0.2) is 4.39 Å². The fourth-order valence-corrected chi connectivity index (χ4v) is 4.04. The van der Waals surface area contributed by atoms with Crippen molar-refractivity contribution >= 4 is 27.5 Å². The third kappa shape index (κ3) is 3.42. The van der Waals surface area contributed by atoms with Gasteiger partial charge >= 0.3 is 0 Å². The molecule has 1 fully saturated rings. The lowest BCUT2D eigenvalue weighted by Gasteiger charge is -2.31. The number of fused-ring (bicyclic) bond motifs is 1. The zero-order valence-electron chi connectivity index (χ0n) is 14.4. The fraction of sp³-hybridized carbons (Fsp3) is 0.300. The van der Waals surface area contributed by atoms with Gasteiger partial charge in [-0.15, -0.1) is 0 Å². The van der Waals surface area contributed by atoms with Crippen molar-refractivity contribution in [3.63, 3.8) is 0 Å². The van der Waals surface area contributed by atoms with E-state index >= 15 is 0 Å². The van der Waals surface area contributed by atoms with Crippen molar-refractivity contribution in [3.05, 3.63) is 59.4 Å². The van der Waals surface area contributed by atoms with Gasteiger partial charge in [0.15, 0.2) is 0 Å². The summed E-state index contributed by atoms with van der Waals surface area (Å²) in [5, 5.41) is 0.494. The van der Waals surface area contributed by atoms with Gasteiger partial charge in [-0.2, -0.15) is 4.98 Å². The van der Waals surface area contributed by atoms with Crippen LogP contribution in [-0.2, 0) is 0 Å². The number of piperidine rings is 1. The lowest BCUT2D eigenvalue weighted by molar-refractivity contribution is 0.0595. The van der Waals surface area contributed by atoms with E-state index in [-0.39, 0.29) is 17.8 Å². The topological polar surface area (TPSA) is 42.4 Å². The van der Waals surface area contributed by atoms with Crippen LogP contribution in [0.5, 0.6) is 5.19 Å². The van der Waals surface area contributed by atoms with Crippen molar-refractivity contribution in [2.75, 3.05) is 13.1 Å². The number of likely N-dealkylation sites (tertiary alicyclic amines) is 1. The van der Waals surface area contributed by atoms with Crippen LogP contribution in [0.1, 0.15) is 28.8 Å². The van der Waals surface area contributed by atoms with E-state index in [9.17, 15) is 9.18 Å². The van der Waals surface area contributed by atoms with Gasteiger partial charge in [0.2, 0.25) is 0 Å². The number of benzene rings is 2. The van der Waals surface area contributed by atoms with Gasteiger partial charge in [-0.05, 0) is 31.2 Å². The van der Waals surface area contributed by atoms with Crippen molar-refractivity contribution in [2.24, 2.45) is 0 Å². The summed E-state index contributed by atoms with van der Waals surface area (Å²) < 4.78 is 20.5. The molecule has 0 unspecified atom stereocenters. The molecule has 1 aliphatic rings. The quantitative estimate of drug-likeness (QED) is 0.685. The number of carbonyl (C=O) groups excluding carboxylic acids is 1. The minimum absolute atomic E-state index is 0.000640. The summed E-state index contributed by atoms with van der Waals surface area (Å²) in [7, 11) is 0. The highest BCUT2D eigenvalue weighted by atomic mass is 32.1. The van der Waals surface area contributed by atoms with E-state index in [0.29, 0.717) is 23.8 Å². The standard InChI is InChI=1S/C20H19FN2O2S/c1-13-5-7-14(8-6-13)19(24)23-11-9-15(10-12-23)25-20-22-18-16(21)3-2-4-17(18)26-20/h2-8,15H,9-12H2,1H3. The zero-order valence-corrected chi connectivity index (χ0v) is 15.3. The first kappa shape index (κ1) is 17.0. The van der Waals surface area contributed by atoms with E-state index in [0.717, 1.165) is 28.7 Å². The summed E-state index contributed by atoms with van der Waals surface area (Å²) in [4.78, 5) is 18.7. The zero-order chi connectivity index (χ0) is 18.1. The molecule has 1 aromatic heterocycles. The molecule has 0 atom stereocenters. The third-order valence-corrected chi connectivity index (χ3v) is 5.56. The van der Waals surface area contributed by atoms with Gasteiger partial charge in [0, 0.05) is 31.5 Å².